The number of ketones is 1. The number of carbonyl (C=O) groups is 3. The molecule has 164 valence electrons. The molecule has 5 rings (SSSR count). The minimum absolute atomic E-state index is 0.0979. The van der Waals surface area contributed by atoms with Crippen molar-refractivity contribution in [2.45, 2.75) is 13.3 Å². The van der Waals surface area contributed by atoms with E-state index < -0.39 is 11.9 Å². The summed E-state index contributed by atoms with van der Waals surface area (Å²) in [6.07, 6.45) is -0.204. The van der Waals surface area contributed by atoms with E-state index in [-0.39, 0.29) is 30.1 Å². The van der Waals surface area contributed by atoms with Crippen molar-refractivity contribution >= 4 is 28.6 Å². The van der Waals surface area contributed by atoms with Crippen LogP contribution < -0.4 is 9.47 Å². The van der Waals surface area contributed by atoms with Gasteiger partial charge in [0.1, 0.15) is 0 Å². The number of aliphatic carboxylic acids is 1. The number of hydrogen-bond acceptors (Lipinski definition) is 5. The summed E-state index contributed by atoms with van der Waals surface area (Å²) in [5, 5.41) is 10.1. The molecule has 3 aromatic carbocycles. The zero-order chi connectivity index (χ0) is 23.1. The fourth-order valence-electron chi connectivity index (χ4n) is 4.25. The molecule has 2 heterocycles. The van der Waals surface area contributed by atoms with Crippen molar-refractivity contribution in [3.8, 4) is 11.5 Å². The molecule has 4 aromatic rings. The number of nitrogens with zero attached hydrogens (tertiary/aromatic N) is 1. The summed E-state index contributed by atoms with van der Waals surface area (Å²) in [6, 6.07) is 18.7. The Labute approximate surface area is 188 Å². The quantitative estimate of drug-likeness (QED) is 0.466. The van der Waals surface area contributed by atoms with Crippen LogP contribution in [0.3, 0.4) is 0 Å². The van der Waals surface area contributed by atoms with Crippen LogP contribution in [-0.4, -0.2) is 34.1 Å². The number of fused-ring (bicyclic) bond motifs is 2. The molecule has 0 atom stereocenters. The van der Waals surface area contributed by atoms with Gasteiger partial charge in [-0.25, -0.2) is 0 Å². The molecule has 0 radical (unpaired) electrons. The highest BCUT2D eigenvalue weighted by Crippen LogP contribution is 2.34. The first-order valence-electron chi connectivity index (χ1n) is 10.3. The van der Waals surface area contributed by atoms with Gasteiger partial charge in [0.25, 0.3) is 5.91 Å². The lowest BCUT2D eigenvalue weighted by molar-refractivity contribution is -0.136. The molecule has 0 saturated heterocycles. The van der Waals surface area contributed by atoms with Gasteiger partial charge in [-0.15, -0.1) is 0 Å². The summed E-state index contributed by atoms with van der Waals surface area (Å²) >= 11 is 0. The number of para-hydroxylation sites is 1. The van der Waals surface area contributed by atoms with Crippen molar-refractivity contribution in [1.82, 2.24) is 4.57 Å². The maximum Gasteiger partial charge on any atom is 0.307 e. The number of benzene rings is 3. The maximum absolute atomic E-state index is 13.7. The van der Waals surface area contributed by atoms with E-state index in [1.807, 2.05) is 0 Å². The van der Waals surface area contributed by atoms with Gasteiger partial charge in [-0.1, -0.05) is 36.4 Å². The van der Waals surface area contributed by atoms with Gasteiger partial charge >= 0.3 is 5.97 Å². The topological polar surface area (TPSA) is 94.8 Å². The van der Waals surface area contributed by atoms with E-state index in [0.29, 0.717) is 39.2 Å². The van der Waals surface area contributed by atoms with Gasteiger partial charge in [-0.2, -0.15) is 0 Å². The largest absolute Gasteiger partial charge is 0.481 e. The number of carboxylic acid groups (broad SMARTS) is 1. The molecular weight excluding hydrogens is 422 g/mol. The average molecular weight is 441 g/mol. The first-order valence-corrected chi connectivity index (χ1v) is 10.3. The second kappa shape index (κ2) is 7.94. The smallest absolute Gasteiger partial charge is 0.307 e. The van der Waals surface area contributed by atoms with Crippen LogP contribution in [0.4, 0.5) is 0 Å². The molecule has 0 bridgehead atoms. The Bertz CT molecular complexity index is 1450. The molecule has 1 aromatic heterocycles. The fraction of sp³-hybridized carbons (Fsp3) is 0.115. The van der Waals surface area contributed by atoms with E-state index >= 15 is 0 Å². The lowest BCUT2D eigenvalue weighted by Gasteiger charge is -2.12. The minimum Gasteiger partial charge on any atom is -0.481 e. The Hall–Kier alpha value is -4.39. The Morgan fingerprint density at radius 1 is 0.909 bits per heavy atom. The third-order valence-electron chi connectivity index (χ3n) is 5.81. The molecule has 1 aliphatic rings. The van der Waals surface area contributed by atoms with Crippen molar-refractivity contribution in [3.05, 3.63) is 94.7 Å². The predicted molar refractivity (Wildman–Crippen MR) is 120 cm³/mol. The molecule has 1 aliphatic heterocycles. The Kier molecular flexibility index (Phi) is 4.94. The number of carboxylic acids is 1. The highest BCUT2D eigenvalue weighted by molar-refractivity contribution is 6.17. The molecule has 0 amide bonds. The van der Waals surface area contributed by atoms with Crippen LogP contribution >= 0.6 is 0 Å². The zero-order valence-electron chi connectivity index (χ0n) is 17.7. The van der Waals surface area contributed by atoms with Crippen LogP contribution in [0.15, 0.2) is 66.7 Å². The molecule has 0 fully saturated rings. The molecule has 0 unspecified atom stereocenters. The van der Waals surface area contributed by atoms with E-state index in [2.05, 4.69) is 0 Å². The molecule has 1 N–H and O–H groups in total. The summed E-state index contributed by atoms with van der Waals surface area (Å²) in [6.45, 7) is 1.82. The molecule has 33 heavy (non-hydrogen) atoms. The van der Waals surface area contributed by atoms with Crippen LogP contribution in [0.2, 0.25) is 0 Å². The number of hydrogen-bond donors (Lipinski definition) is 1. The fourth-order valence-corrected chi connectivity index (χ4v) is 4.25. The molecule has 7 nitrogen and oxygen atoms in total. The van der Waals surface area contributed by atoms with Crippen LogP contribution in [0.25, 0.3) is 10.9 Å². The summed E-state index contributed by atoms with van der Waals surface area (Å²) in [5.41, 5.74) is 2.56. The highest BCUT2D eigenvalue weighted by Gasteiger charge is 2.25. The van der Waals surface area contributed by atoms with Gasteiger partial charge in [-0.05, 0) is 42.8 Å². The van der Waals surface area contributed by atoms with E-state index in [1.165, 1.54) is 4.57 Å². The summed E-state index contributed by atoms with van der Waals surface area (Å²) < 4.78 is 12.2. The van der Waals surface area contributed by atoms with Crippen molar-refractivity contribution in [1.29, 1.82) is 0 Å². The summed E-state index contributed by atoms with van der Waals surface area (Å²) in [5.74, 6) is -0.652. The monoisotopic (exact) mass is 441 g/mol. The third kappa shape index (κ3) is 3.43. The average Bonchev–Trinajstić information content (AvgIpc) is 3.40. The number of ether oxygens (including phenoxy) is 2. The molecule has 0 saturated carbocycles. The lowest BCUT2D eigenvalue weighted by atomic mass is 9.97. The van der Waals surface area contributed by atoms with Crippen molar-refractivity contribution in [3.63, 3.8) is 0 Å². The minimum atomic E-state index is -0.980. The van der Waals surface area contributed by atoms with Gasteiger partial charge < -0.3 is 14.6 Å². The van der Waals surface area contributed by atoms with E-state index in [1.54, 1.807) is 73.7 Å². The molecule has 0 aliphatic carbocycles. The zero-order valence-corrected chi connectivity index (χ0v) is 17.7. The van der Waals surface area contributed by atoms with Crippen LogP contribution in [0.5, 0.6) is 11.5 Å². The van der Waals surface area contributed by atoms with Crippen molar-refractivity contribution in [2.24, 2.45) is 0 Å². The highest BCUT2D eigenvalue weighted by atomic mass is 16.7. The third-order valence-corrected chi connectivity index (χ3v) is 5.81. The van der Waals surface area contributed by atoms with Gasteiger partial charge in [0.15, 0.2) is 17.3 Å². The second-order valence-electron chi connectivity index (χ2n) is 7.73. The van der Waals surface area contributed by atoms with E-state index in [0.717, 1.165) is 0 Å². The van der Waals surface area contributed by atoms with E-state index in [4.69, 9.17) is 9.47 Å². The predicted octanol–water partition coefficient (Wildman–Crippen LogP) is 4.23. The molecular formula is C26H19NO6. The summed E-state index contributed by atoms with van der Waals surface area (Å²) in [4.78, 5) is 38.5. The first-order chi connectivity index (χ1) is 16.0. The van der Waals surface area contributed by atoms with Crippen LogP contribution in [0.1, 0.15) is 37.5 Å². The van der Waals surface area contributed by atoms with Crippen molar-refractivity contribution < 1.29 is 29.0 Å². The normalized spacial score (nSPS) is 12.2. The van der Waals surface area contributed by atoms with Gasteiger partial charge in [0, 0.05) is 22.2 Å². The standard InChI is InChI=1S/C26H19NO6/c1-15-20(13-24(28)29)17-6-4-5-9-21(17)27(15)26(31)19-8-3-2-7-18(19)25(30)16-10-11-22-23(12-16)33-14-32-22/h2-12H,13-14H2,1H3,(H,28,29). The lowest BCUT2D eigenvalue weighted by Crippen LogP contribution is -2.18. The number of carbonyl (C=O) groups excluding carboxylic acids is 2. The first kappa shape index (κ1) is 20.5. The summed E-state index contributed by atoms with van der Waals surface area (Å²) in [7, 11) is 0. The van der Waals surface area contributed by atoms with Gasteiger partial charge in [0.2, 0.25) is 6.79 Å². The SMILES string of the molecule is Cc1c(CC(=O)O)c2ccccc2n1C(=O)c1ccccc1C(=O)c1ccc2c(c1)OCO2. The molecule has 7 heteroatoms. The number of rotatable bonds is 5. The Morgan fingerprint density at radius 2 is 1.61 bits per heavy atom. The second-order valence-corrected chi connectivity index (χ2v) is 7.73. The van der Waals surface area contributed by atoms with E-state index in [9.17, 15) is 19.5 Å². The number of aromatic nitrogens is 1. The maximum atomic E-state index is 13.7. The van der Waals surface area contributed by atoms with Gasteiger partial charge in [-0.3, -0.25) is 19.0 Å². The van der Waals surface area contributed by atoms with Gasteiger partial charge in [0.05, 0.1) is 17.5 Å². The Balaban J connectivity index is 1.62. The van der Waals surface area contributed by atoms with Crippen molar-refractivity contribution in [2.75, 3.05) is 6.79 Å². The molecule has 0 spiro atoms. The Morgan fingerprint density at radius 3 is 2.39 bits per heavy atom. The van der Waals surface area contributed by atoms with Crippen LogP contribution in [-0.2, 0) is 11.2 Å². The van der Waals surface area contributed by atoms with Crippen LogP contribution in [0, 0.1) is 6.92 Å².